The summed E-state index contributed by atoms with van der Waals surface area (Å²) in [6, 6.07) is 16.0. The number of methoxy groups -OCH3 is 1. The first-order valence-corrected chi connectivity index (χ1v) is 12.0. The van der Waals surface area contributed by atoms with E-state index in [1.54, 1.807) is 42.5 Å². The molecule has 0 aliphatic carbocycles. The highest BCUT2D eigenvalue weighted by Crippen LogP contribution is 2.25. The van der Waals surface area contributed by atoms with Crippen LogP contribution in [-0.2, 0) is 22.7 Å². The first kappa shape index (κ1) is 27.1. The minimum atomic E-state index is -1.07. The number of hydrogen-bond acceptors (Lipinski definition) is 6. The number of hydrogen-bond donors (Lipinski definition) is 3. The van der Waals surface area contributed by atoms with Crippen molar-refractivity contribution in [2.24, 2.45) is 0 Å². The largest absolute Gasteiger partial charge is 0.496 e. The number of carbonyl (C=O) groups is 4. The van der Waals surface area contributed by atoms with Crippen LogP contribution in [0.3, 0.4) is 0 Å². The third-order valence-corrected chi connectivity index (χ3v) is 6.09. The number of imide groups is 1. The second-order valence-electron chi connectivity index (χ2n) is 8.79. The van der Waals surface area contributed by atoms with Gasteiger partial charge >= 0.3 is 12.0 Å². The Morgan fingerprint density at radius 1 is 1.00 bits per heavy atom. The smallest absolute Gasteiger partial charge is 0.325 e. The van der Waals surface area contributed by atoms with Crippen LogP contribution in [0.4, 0.5) is 9.18 Å². The number of rotatable bonds is 11. The van der Waals surface area contributed by atoms with Crippen LogP contribution in [0.1, 0.15) is 34.3 Å². The molecule has 1 aliphatic heterocycles. The van der Waals surface area contributed by atoms with Crippen molar-refractivity contribution in [3.8, 4) is 17.2 Å². The second-order valence-corrected chi connectivity index (χ2v) is 8.79. The summed E-state index contributed by atoms with van der Waals surface area (Å²) in [6.07, 6.45) is -0.290. The first-order chi connectivity index (χ1) is 18.7. The van der Waals surface area contributed by atoms with Gasteiger partial charge in [0.25, 0.3) is 11.8 Å². The van der Waals surface area contributed by atoms with Gasteiger partial charge in [0.2, 0.25) is 0 Å². The third kappa shape index (κ3) is 6.89. The zero-order valence-electron chi connectivity index (χ0n) is 21.0. The quantitative estimate of drug-likeness (QED) is 0.318. The fourth-order valence-corrected chi connectivity index (χ4v) is 4.09. The summed E-state index contributed by atoms with van der Waals surface area (Å²) < 4.78 is 24.1. The minimum absolute atomic E-state index is 0.00164. The molecule has 0 spiro atoms. The lowest BCUT2D eigenvalue weighted by atomic mass is 10.1. The van der Waals surface area contributed by atoms with Crippen LogP contribution in [0, 0.1) is 5.82 Å². The van der Waals surface area contributed by atoms with Crippen molar-refractivity contribution in [3.05, 3.63) is 89.2 Å². The Kier molecular flexibility index (Phi) is 8.40. The molecule has 3 aromatic rings. The van der Waals surface area contributed by atoms with Crippen molar-refractivity contribution >= 4 is 23.8 Å². The Morgan fingerprint density at radius 3 is 2.28 bits per heavy atom. The van der Waals surface area contributed by atoms with E-state index in [0.29, 0.717) is 22.8 Å². The molecular weight excluding hydrogens is 509 g/mol. The number of carboxylic acid groups (broad SMARTS) is 1. The predicted molar refractivity (Wildman–Crippen MR) is 137 cm³/mol. The average molecular weight is 536 g/mol. The van der Waals surface area contributed by atoms with Crippen molar-refractivity contribution in [2.75, 3.05) is 7.11 Å². The molecule has 0 bridgehead atoms. The molecule has 0 aromatic heterocycles. The Labute approximate surface area is 223 Å². The number of carbonyl (C=O) groups excluding carboxylic acids is 3. The van der Waals surface area contributed by atoms with Gasteiger partial charge in [0, 0.05) is 19.5 Å². The highest BCUT2D eigenvalue weighted by atomic mass is 19.1. The van der Waals surface area contributed by atoms with E-state index in [4.69, 9.17) is 14.6 Å². The fraction of sp³-hybridized carbons (Fsp3) is 0.214. The van der Waals surface area contributed by atoms with Crippen molar-refractivity contribution in [1.82, 2.24) is 15.5 Å². The predicted octanol–water partition coefficient (Wildman–Crippen LogP) is 3.84. The molecule has 0 radical (unpaired) electrons. The molecule has 1 fully saturated rings. The third-order valence-electron chi connectivity index (χ3n) is 6.09. The molecule has 4 amide bonds. The minimum Gasteiger partial charge on any atom is -0.496 e. The monoisotopic (exact) mass is 535 g/mol. The van der Waals surface area contributed by atoms with Crippen molar-refractivity contribution in [2.45, 2.75) is 32.0 Å². The van der Waals surface area contributed by atoms with Gasteiger partial charge in [-0.05, 0) is 66.1 Å². The lowest BCUT2D eigenvalue weighted by molar-refractivity contribution is -0.137. The normalized spacial score (nSPS) is 14.6. The number of ether oxygens (including phenoxy) is 2. The lowest BCUT2D eigenvalue weighted by Crippen LogP contribution is -2.35. The number of benzene rings is 3. The molecule has 0 unspecified atom stereocenters. The van der Waals surface area contributed by atoms with E-state index in [1.165, 1.54) is 36.3 Å². The summed E-state index contributed by atoms with van der Waals surface area (Å²) in [5, 5.41) is 14.0. The van der Waals surface area contributed by atoms with E-state index in [-0.39, 0.29) is 37.3 Å². The highest BCUT2D eigenvalue weighted by molar-refractivity contribution is 6.04. The van der Waals surface area contributed by atoms with Gasteiger partial charge in [0.05, 0.1) is 12.7 Å². The molecule has 4 rings (SSSR count). The fourth-order valence-electron chi connectivity index (χ4n) is 4.09. The maximum Gasteiger partial charge on any atom is 0.325 e. The zero-order valence-corrected chi connectivity index (χ0v) is 21.0. The standard InChI is InChI=1S/C28H26FN3O7/c1-38-24-12-4-18(16-32-23(11-13-25(33)34)27(36)31-28(32)37)14-22(24)26(35)30-15-17-2-7-20(8-3-17)39-21-9-5-19(29)6-10-21/h2-10,12,14,23H,11,13,15-16H2,1H3,(H,30,35)(H,33,34)(H,31,36,37)/t23-/m1/s1. The van der Waals surface area contributed by atoms with Crippen LogP contribution >= 0.6 is 0 Å². The first-order valence-electron chi connectivity index (χ1n) is 12.0. The molecule has 10 nitrogen and oxygen atoms in total. The van der Waals surface area contributed by atoms with Crippen LogP contribution in [0.2, 0.25) is 0 Å². The van der Waals surface area contributed by atoms with E-state index in [1.807, 2.05) is 0 Å². The Balaban J connectivity index is 1.40. The Morgan fingerprint density at radius 2 is 1.64 bits per heavy atom. The number of halogens is 1. The summed E-state index contributed by atoms with van der Waals surface area (Å²) in [7, 11) is 1.43. The lowest BCUT2D eigenvalue weighted by Gasteiger charge is -2.22. The number of carboxylic acids is 1. The maximum absolute atomic E-state index is 13.1. The summed E-state index contributed by atoms with van der Waals surface area (Å²) in [4.78, 5) is 49.7. The number of nitrogens with one attached hydrogen (secondary N) is 2. The molecule has 202 valence electrons. The van der Waals surface area contributed by atoms with E-state index in [9.17, 15) is 23.6 Å². The van der Waals surface area contributed by atoms with Crippen molar-refractivity contribution < 1.29 is 38.1 Å². The van der Waals surface area contributed by atoms with Gasteiger partial charge in [0.1, 0.15) is 29.1 Å². The molecule has 39 heavy (non-hydrogen) atoms. The van der Waals surface area contributed by atoms with E-state index in [2.05, 4.69) is 10.6 Å². The molecule has 3 aromatic carbocycles. The number of aliphatic carboxylic acids is 1. The number of amides is 4. The van der Waals surface area contributed by atoms with Gasteiger partial charge in [-0.1, -0.05) is 18.2 Å². The molecule has 0 saturated carbocycles. The van der Waals surface area contributed by atoms with Gasteiger partial charge in [-0.2, -0.15) is 0 Å². The molecular formula is C28H26FN3O7. The molecule has 1 aliphatic rings. The molecule has 1 atom stereocenters. The van der Waals surface area contributed by atoms with Crippen LogP contribution in [0.15, 0.2) is 66.7 Å². The van der Waals surface area contributed by atoms with Crippen LogP contribution < -0.4 is 20.1 Å². The summed E-state index contributed by atoms with van der Waals surface area (Å²) >= 11 is 0. The summed E-state index contributed by atoms with van der Waals surface area (Å²) in [5.74, 6) is -1.02. The van der Waals surface area contributed by atoms with E-state index < -0.39 is 29.9 Å². The van der Waals surface area contributed by atoms with Crippen molar-refractivity contribution in [1.29, 1.82) is 0 Å². The molecule has 1 heterocycles. The second kappa shape index (κ2) is 12.1. The summed E-state index contributed by atoms with van der Waals surface area (Å²) in [5.41, 5.74) is 1.60. The number of urea groups is 1. The summed E-state index contributed by atoms with van der Waals surface area (Å²) in [6.45, 7) is 0.213. The Bertz CT molecular complexity index is 1380. The van der Waals surface area contributed by atoms with E-state index in [0.717, 1.165) is 5.56 Å². The van der Waals surface area contributed by atoms with E-state index >= 15 is 0 Å². The average Bonchev–Trinajstić information content (AvgIpc) is 3.19. The van der Waals surface area contributed by atoms with Gasteiger partial charge in [0.15, 0.2) is 0 Å². The van der Waals surface area contributed by atoms with Gasteiger partial charge in [-0.25, -0.2) is 9.18 Å². The van der Waals surface area contributed by atoms with Gasteiger partial charge in [-0.15, -0.1) is 0 Å². The Hall–Kier alpha value is -4.93. The van der Waals surface area contributed by atoms with Crippen LogP contribution in [0.25, 0.3) is 0 Å². The van der Waals surface area contributed by atoms with Crippen LogP contribution in [-0.4, -0.2) is 47.0 Å². The van der Waals surface area contributed by atoms with Crippen LogP contribution in [0.5, 0.6) is 17.2 Å². The van der Waals surface area contributed by atoms with Gasteiger partial charge < -0.3 is 24.8 Å². The molecule has 3 N–H and O–H groups in total. The van der Waals surface area contributed by atoms with Gasteiger partial charge in [-0.3, -0.25) is 19.7 Å². The molecule has 11 heteroatoms. The number of nitrogens with zero attached hydrogens (tertiary/aromatic N) is 1. The molecule has 1 saturated heterocycles. The highest BCUT2D eigenvalue weighted by Gasteiger charge is 2.38. The van der Waals surface area contributed by atoms with Crippen molar-refractivity contribution in [3.63, 3.8) is 0 Å². The topological polar surface area (TPSA) is 134 Å². The maximum atomic E-state index is 13.1. The zero-order chi connectivity index (χ0) is 27.9. The SMILES string of the molecule is COc1ccc(CN2C(=O)NC(=O)[C@H]2CCC(=O)O)cc1C(=O)NCc1ccc(Oc2ccc(F)cc2)cc1.